The Labute approximate surface area is 83.0 Å². The zero-order chi connectivity index (χ0) is 9.80. The largest absolute Gasteiger partial charge is 0.376 e. The molecular weight excluding hydrogens is 180 g/mol. The minimum absolute atomic E-state index is 0.0180. The number of hydrogen-bond acceptors (Lipinski definition) is 4. The van der Waals surface area contributed by atoms with Gasteiger partial charge in [0.1, 0.15) is 6.10 Å². The highest BCUT2D eigenvalue weighted by molar-refractivity contribution is 5.15. The van der Waals surface area contributed by atoms with Crippen molar-refractivity contribution in [3.63, 3.8) is 0 Å². The molecule has 1 aromatic heterocycles. The monoisotopic (exact) mass is 194 g/mol. The Balaban J connectivity index is 2.07. The first-order chi connectivity index (χ1) is 6.90. The summed E-state index contributed by atoms with van der Waals surface area (Å²) in [6.07, 6.45) is 1.77. The highest BCUT2D eigenvalue weighted by atomic mass is 16.6. The zero-order valence-corrected chi connectivity index (χ0v) is 7.98. The van der Waals surface area contributed by atoms with Crippen LogP contribution >= 0.6 is 0 Å². The molecule has 2 heterocycles. The van der Waals surface area contributed by atoms with Gasteiger partial charge in [-0.05, 0) is 11.6 Å². The van der Waals surface area contributed by atoms with Gasteiger partial charge in [0, 0.05) is 12.7 Å². The summed E-state index contributed by atoms with van der Waals surface area (Å²) in [5, 5.41) is 0. The Morgan fingerprint density at radius 3 is 2.93 bits per heavy atom. The van der Waals surface area contributed by atoms with Crippen molar-refractivity contribution in [3.05, 3.63) is 29.6 Å². The number of nitrogens with two attached hydrogens (primary N) is 1. The van der Waals surface area contributed by atoms with E-state index < -0.39 is 0 Å². The minimum Gasteiger partial charge on any atom is -0.376 e. The molecule has 0 saturated carbocycles. The highest BCUT2D eigenvalue weighted by Crippen LogP contribution is 2.18. The summed E-state index contributed by atoms with van der Waals surface area (Å²) in [4.78, 5) is 4.29. The summed E-state index contributed by atoms with van der Waals surface area (Å²) in [6, 6.07) is 3.92. The molecule has 2 rings (SSSR count). The fraction of sp³-hybridized carbons (Fsp3) is 0.500. The second-order valence-corrected chi connectivity index (χ2v) is 3.23. The first-order valence-electron chi connectivity index (χ1n) is 4.74. The molecule has 0 aromatic carbocycles. The van der Waals surface area contributed by atoms with Gasteiger partial charge in [-0.1, -0.05) is 6.07 Å². The number of hydrogen-bond donors (Lipinski definition) is 1. The van der Waals surface area contributed by atoms with E-state index in [2.05, 4.69) is 4.98 Å². The highest BCUT2D eigenvalue weighted by Gasteiger charge is 2.17. The Bertz CT molecular complexity index is 281. The average molecular weight is 194 g/mol. The molecule has 0 radical (unpaired) electrons. The fourth-order valence-corrected chi connectivity index (χ4v) is 1.41. The van der Waals surface area contributed by atoms with Gasteiger partial charge in [0.2, 0.25) is 0 Å². The van der Waals surface area contributed by atoms with Gasteiger partial charge in [-0.2, -0.15) is 0 Å². The van der Waals surface area contributed by atoms with E-state index in [4.69, 9.17) is 15.2 Å². The molecule has 1 aliphatic rings. The van der Waals surface area contributed by atoms with Gasteiger partial charge in [0.05, 0.1) is 25.5 Å². The smallest absolute Gasteiger partial charge is 0.123 e. The predicted octanol–water partition coefficient (Wildman–Crippen LogP) is 0.628. The maximum absolute atomic E-state index is 5.52. The molecule has 1 unspecified atom stereocenters. The van der Waals surface area contributed by atoms with Crippen LogP contribution in [0.25, 0.3) is 0 Å². The fourth-order valence-electron chi connectivity index (χ4n) is 1.41. The van der Waals surface area contributed by atoms with Crippen molar-refractivity contribution in [1.82, 2.24) is 4.98 Å². The third kappa shape index (κ3) is 2.09. The van der Waals surface area contributed by atoms with Crippen LogP contribution in [-0.4, -0.2) is 24.8 Å². The molecular formula is C10H14N2O2. The van der Waals surface area contributed by atoms with E-state index in [-0.39, 0.29) is 6.10 Å². The molecule has 4 nitrogen and oxygen atoms in total. The molecule has 0 spiro atoms. The molecule has 0 bridgehead atoms. The van der Waals surface area contributed by atoms with E-state index in [0.717, 1.165) is 11.3 Å². The Hall–Kier alpha value is -0.970. The summed E-state index contributed by atoms with van der Waals surface area (Å²) in [5.74, 6) is 0. The van der Waals surface area contributed by atoms with E-state index in [9.17, 15) is 0 Å². The van der Waals surface area contributed by atoms with Crippen LogP contribution in [0.2, 0.25) is 0 Å². The van der Waals surface area contributed by atoms with Crippen molar-refractivity contribution in [2.24, 2.45) is 5.73 Å². The van der Waals surface area contributed by atoms with Gasteiger partial charge in [0.15, 0.2) is 0 Å². The van der Waals surface area contributed by atoms with Crippen LogP contribution in [0.5, 0.6) is 0 Å². The van der Waals surface area contributed by atoms with Crippen LogP contribution in [0.3, 0.4) is 0 Å². The van der Waals surface area contributed by atoms with Crippen LogP contribution < -0.4 is 5.73 Å². The molecule has 1 atom stereocenters. The SMILES string of the molecule is NCc1ccc(C2COCCO2)nc1. The maximum atomic E-state index is 5.52. The van der Waals surface area contributed by atoms with Crippen molar-refractivity contribution in [1.29, 1.82) is 0 Å². The van der Waals surface area contributed by atoms with Gasteiger partial charge in [0.25, 0.3) is 0 Å². The maximum Gasteiger partial charge on any atom is 0.123 e. The molecule has 1 fully saturated rings. The van der Waals surface area contributed by atoms with E-state index in [1.54, 1.807) is 6.20 Å². The second-order valence-electron chi connectivity index (χ2n) is 3.23. The summed E-state index contributed by atoms with van der Waals surface area (Å²) in [7, 11) is 0. The van der Waals surface area contributed by atoms with Gasteiger partial charge >= 0.3 is 0 Å². The summed E-state index contributed by atoms with van der Waals surface area (Å²) < 4.78 is 10.8. The van der Waals surface area contributed by atoms with E-state index in [0.29, 0.717) is 26.4 Å². The second kappa shape index (κ2) is 4.50. The molecule has 0 amide bonds. The quantitative estimate of drug-likeness (QED) is 0.750. The van der Waals surface area contributed by atoms with E-state index in [1.165, 1.54) is 0 Å². The predicted molar refractivity (Wildman–Crippen MR) is 51.6 cm³/mol. The Kier molecular flexibility index (Phi) is 3.08. The van der Waals surface area contributed by atoms with E-state index >= 15 is 0 Å². The van der Waals surface area contributed by atoms with Gasteiger partial charge < -0.3 is 15.2 Å². The molecule has 0 aliphatic carbocycles. The lowest BCUT2D eigenvalue weighted by Gasteiger charge is -2.22. The normalized spacial score (nSPS) is 22.2. The van der Waals surface area contributed by atoms with Crippen molar-refractivity contribution >= 4 is 0 Å². The van der Waals surface area contributed by atoms with Crippen LogP contribution in [0.15, 0.2) is 18.3 Å². The first-order valence-corrected chi connectivity index (χ1v) is 4.74. The summed E-state index contributed by atoms with van der Waals surface area (Å²) >= 11 is 0. The third-order valence-electron chi connectivity index (χ3n) is 2.23. The zero-order valence-electron chi connectivity index (χ0n) is 7.98. The number of rotatable bonds is 2. The van der Waals surface area contributed by atoms with Crippen molar-refractivity contribution in [2.75, 3.05) is 19.8 Å². The molecule has 2 N–H and O–H groups in total. The average Bonchev–Trinajstić information content (AvgIpc) is 2.30. The molecule has 1 aromatic rings. The van der Waals surface area contributed by atoms with Crippen LogP contribution in [0.4, 0.5) is 0 Å². The van der Waals surface area contributed by atoms with Gasteiger partial charge in [-0.25, -0.2) is 0 Å². The standard InChI is InChI=1S/C10H14N2O2/c11-5-8-1-2-9(12-6-8)10-7-13-3-4-14-10/h1-2,6,10H,3-5,7,11H2. The van der Waals surface area contributed by atoms with Crippen molar-refractivity contribution in [3.8, 4) is 0 Å². The summed E-state index contributed by atoms with van der Waals surface area (Å²) in [5.41, 5.74) is 7.43. The van der Waals surface area contributed by atoms with Crippen LogP contribution in [0, 0.1) is 0 Å². The van der Waals surface area contributed by atoms with Crippen molar-refractivity contribution in [2.45, 2.75) is 12.6 Å². The number of aromatic nitrogens is 1. The summed E-state index contributed by atoms with van der Waals surface area (Å²) in [6.45, 7) is 2.44. The number of ether oxygens (including phenoxy) is 2. The topological polar surface area (TPSA) is 57.4 Å². The lowest BCUT2D eigenvalue weighted by Crippen LogP contribution is -2.22. The molecule has 14 heavy (non-hydrogen) atoms. The Morgan fingerprint density at radius 2 is 2.36 bits per heavy atom. The first kappa shape index (κ1) is 9.58. The molecule has 76 valence electrons. The van der Waals surface area contributed by atoms with Gasteiger partial charge in [-0.3, -0.25) is 4.98 Å². The molecule has 1 saturated heterocycles. The van der Waals surface area contributed by atoms with E-state index in [1.807, 2.05) is 12.1 Å². The van der Waals surface area contributed by atoms with Crippen LogP contribution in [0.1, 0.15) is 17.4 Å². The Morgan fingerprint density at radius 1 is 1.43 bits per heavy atom. The third-order valence-corrected chi connectivity index (χ3v) is 2.23. The molecule has 4 heteroatoms. The lowest BCUT2D eigenvalue weighted by molar-refractivity contribution is -0.0917. The van der Waals surface area contributed by atoms with Crippen LogP contribution in [-0.2, 0) is 16.0 Å². The number of pyridine rings is 1. The lowest BCUT2D eigenvalue weighted by atomic mass is 10.2. The van der Waals surface area contributed by atoms with Crippen molar-refractivity contribution < 1.29 is 9.47 Å². The van der Waals surface area contributed by atoms with Gasteiger partial charge in [-0.15, -0.1) is 0 Å². The number of nitrogens with zero attached hydrogens (tertiary/aromatic N) is 1. The molecule has 1 aliphatic heterocycles. The minimum atomic E-state index is -0.0180.